The number of ether oxygens (including phenoxy) is 1. The molecule has 6 nitrogen and oxygen atoms in total. The fourth-order valence-electron chi connectivity index (χ4n) is 4.61. The lowest BCUT2D eigenvalue weighted by Gasteiger charge is -2.41. The Hall–Kier alpha value is -2.08. The third-order valence-electron chi connectivity index (χ3n) is 6.45. The van der Waals surface area contributed by atoms with E-state index in [2.05, 4.69) is 5.32 Å². The molecule has 1 saturated carbocycles. The minimum Gasteiger partial charge on any atom is -0.485 e. The molecular formula is C21H28N2O4. The van der Waals surface area contributed by atoms with Gasteiger partial charge in [0.05, 0.1) is 18.2 Å². The van der Waals surface area contributed by atoms with Crippen LogP contribution in [0, 0.1) is 11.8 Å². The normalized spacial score (nSPS) is 33.6. The minimum absolute atomic E-state index is 0.0101. The van der Waals surface area contributed by atoms with Crippen molar-refractivity contribution in [3.63, 3.8) is 0 Å². The molecule has 1 spiro atoms. The molecule has 2 heterocycles. The summed E-state index contributed by atoms with van der Waals surface area (Å²) in [7, 11) is 0. The van der Waals surface area contributed by atoms with Gasteiger partial charge < -0.3 is 20.1 Å². The van der Waals surface area contributed by atoms with Crippen molar-refractivity contribution >= 4 is 11.8 Å². The summed E-state index contributed by atoms with van der Waals surface area (Å²) in [6.07, 6.45) is 3.41. The zero-order valence-corrected chi connectivity index (χ0v) is 15.8. The predicted molar refractivity (Wildman–Crippen MR) is 100 cm³/mol. The molecule has 4 rings (SSSR count). The molecule has 1 aromatic carbocycles. The monoisotopic (exact) mass is 372 g/mol. The molecule has 146 valence electrons. The van der Waals surface area contributed by atoms with E-state index in [4.69, 9.17) is 4.74 Å². The molecule has 6 heteroatoms. The average molecular weight is 372 g/mol. The molecule has 3 aliphatic rings. The van der Waals surface area contributed by atoms with Gasteiger partial charge in [0.2, 0.25) is 5.91 Å². The number of carbonyl (C=O) groups is 2. The van der Waals surface area contributed by atoms with E-state index in [1.807, 2.05) is 30.0 Å². The third-order valence-corrected chi connectivity index (χ3v) is 6.45. The molecule has 2 N–H and O–H groups in total. The topological polar surface area (TPSA) is 78.9 Å². The molecule has 1 saturated heterocycles. The van der Waals surface area contributed by atoms with Crippen LogP contribution in [0.15, 0.2) is 24.3 Å². The zero-order valence-electron chi connectivity index (χ0n) is 15.8. The lowest BCUT2D eigenvalue weighted by molar-refractivity contribution is -0.141. The number of aliphatic hydroxyl groups excluding tert-OH is 1. The van der Waals surface area contributed by atoms with Crippen LogP contribution in [-0.2, 0) is 4.79 Å². The molecular weight excluding hydrogens is 344 g/mol. The number of piperidine rings is 1. The van der Waals surface area contributed by atoms with Crippen molar-refractivity contribution in [3.8, 4) is 5.75 Å². The molecule has 0 radical (unpaired) electrons. The lowest BCUT2D eigenvalue weighted by Crippen LogP contribution is -2.51. The number of hydrogen-bond acceptors (Lipinski definition) is 4. The highest BCUT2D eigenvalue weighted by molar-refractivity contribution is 5.97. The van der Waals surface area contributed by atoms with Crippen LogP contribution in [0.1, 0.15) is 49.4 Å². The molecule has 2 amide bonds. The summed E-state index contributed by atoms with van der Waals surface area (Å²) in [5.74, 6) is 0.893. The van der Waals surface area contributed by atoms with Crippen LogP contribution in [0.5, 0.6) is 5.75 Å². The molecule has 0 bridgehead atoms. The van der Waals surface area contributed by atoms with Crippen molar-refractivity contribution < 1.29 is 19.4 Å². The maximum Gasteiger partial charge on any atom is 0.255 e. The van der Waals surface area contributed by atoms with Crippen molar-refractivity contribution in [2.45, 2.75) is 50.7 Å². The van der Waals surface area contributed by atoms with E-state index in [-0.39, 0.29) is 29.8 Å². The quantitative estimate of drug-likeness (QED) is 0.790. The standard InChI is InChI=1S/C21H28N2O4/c1-14-12-23(11-8-17(14)24)20(26)15-6-9-21(10-7-15)13-22-19(25)16-4-2-3-5-18(16)27-21/h2-5,14-15,17,24H,6-13H2,1H3,(H,22,25)/t14-,15?,17-,21?/m0/s1. The summed E-state index contributed by atoms with van der Waals surface area (Å²) >= 11 is 0. The Bertz CT molecular complexity index is 727. The Labute approximate surface area is 159 Å². The predicted octanol–water partition coefficient (Wildman–Crippen LogP) is 1.97. The van der Waals surface area contributed by atoms with Gasteiger partial charge in [0.15, 0.2) is 0 Å². The SMILES string of the molecule is C[C@H]1CN(C(=O)C2CCC3(CC2)CNC(=O)c2ccccc2O3)CC[C@@H]1O. The molecule has 27 heavy (non-hydrogen) atoms. The van der Waals surface area contributed by atoms with Gasteiger partial charge in [-0.25, -0.2) is 0 Å². The summed E-state index contributed by atoms with van der Waals surface area (Å²) < 4.78 is 6.32. The van der Waals surface area contributed by atoms with E-state index < -0.39 is 5.60 Å². The first-order valence-corrected chi connectivity index (χ1v) is 10.0. The number of para-hydroxylation sites is 1. The molecule has 2 aliphatic heterocycles. The van der Waals surface area contributed by atoms with Gasteiger partial charge in [-0.05, 0) is 50.2 Å². The minimum atomic E-state index is -0.426. The van der Waals surface area contributed by atoms with Crippen molar-refractivity contribution in [2.75, 3.05) is 19.6 Å². The van der Waals surface area contributed by atoms with Crippen molar-refractivity contribution in [1.29, 1.82) is 0 Å². The van der Waals surface area contributed by atoms with Gasteiger partial charge in [0.1, 0.15) is 11.4 Å². The maximum atomic E-state index is 12.9. The Morgan fingerprint density at radius 1 is 1.26 bits per heavy atom. The Morgan fingerprint density at radius 2 is 2.00 bits per heavy atom. The molecule has 2 fully saturated rings. The smallest absolute Gasteiger partial charge is 0.255 e. The second-order valence-electron chi connectivity index (χ2n) is 8.36. The number of carbonyl (C=O) groups excluding carboxylic acids is 2. The fourth-order valence-corrected chi connectivity index (χ4v) is 4.61. The van der Waals surface area contributed by atoms with E-state index >= 15 is 0 Å². The molecule has 0 aromatic heterocycles. The summed E-state index contributed by atoms with van der Waals surface area (Å²) in [4.78, 5) is 27.1. The van der Waals surface area contributed by atoms with Crippen LogP contribution in [0.3, 0.4) is 0 Å². The number of benzene rings is 1. The highest BCUT2D eigenvalue weighted by atomic mass is 16.5. The van der Waals surface area contributed by atoms with Gasteiger partial charge in [-0.3, -0.25) is 9.59 Å². The van der Waals surface area contributed by atoms with Crippen LogP contribution in [0.4, 0.5) is 0 Å². The van der Waals surface area contributed by atoms with Crippen LogP contribution in [0.25, 0.3) is 0 Å². The number of nitrogens with zero attached hydrogens (tertiary/aromatic N) is 1. The summed E-state index contributed by atoms with van der Waals surface area (Å²) in [6.45, 7) is 3.77. The molecule has 0 unspecified atom stereocenters. The van der Waals surface area contributed by atoms with Gasteiger partial charge in [-0.2, -0.15) is 0 Å². The van der Waals surface area contributed by atoms with Crippen LogP contribution >= 0.6 is 0 Å². The van der Waals surface area contributed by atoms with Crippen LogP contribution in [-0.4, -0.2) is 53.2 Å². The molecule has 1 aliphatic carbocycles. The second-order valence-corrected chi connectivity index (χ2v) is 8.36. The first-order valence-electron chi connectivity index (χ1n) is 10.0. The van der Waals surface area contributed by atoms with Gasteiger partial charge in [-0.1, -0.05) is 19.1 Å². The van der Waals surface area contributed by atoms with Gasteiger partial charge in [-0.15, -0.1) is 0 Å². The Morgan fingerprint density at radius 3 is 2.74 bits per heavy atom. The highest BCUT2D eigenvalue weighted by Gasteiger charge is 2.43. The Balaban J connectivity index is 1.41. The van der Waals surface area contributed by atoms with Crippen molar-refractivity contribution in [2.24, 2.45) is 11.8 Å². The van der Waals surface area contributed by atoms with Gasteiger partial charge in [0.25, 0.3) is 5.91 Å². The first-order chi connectivity index (χ1) is 13.0. The van der Waals surface area contributed by atoms with E-state index in [0.717, 1.165) is 25.7 Å². The molecule has 1 aromatic rings. The largest absolute Gasteiger partial charge is 0.485 e. The van der Waals surface area contributed by atoms with Gasteiger partial charge in [0, 0.05) is 19.0 Å². The van der Waals surface area contributed by atoms with Crippen molar-refractivity contribution in [1.82, 2.24) is 10.2 Å². The maximum absolute atomic E-state index is 12.9. The third kappa shape index (κ3) is 3.55. The molecule has 2 atom stereocenters. The van der Waals surface area contributed by atoms with E-state index in [1.165, 1.54) is 0 Å². The number of likely N-dealkylation sites (tertiary alicyclic amines) is 1. The zero-order chi connectivity index (χ0) is 19.0. The lowest BCUT2D eigenvalue weighted by atomic mass is 9.77. The fraction of sp³-hybridized carbons (Fsp3) is 0.619. The van der Waals surface area contributed by atoms with E-state index in [1.54, 1.807) is 6.07 Å². The number of nitrogens with one attached hydrogen (secondary N) is 1. The summed E-state index contributed by atoms with van der Waals surface area (Å²) in [5.41, 5.74) is 0.151. The second kappa shape index (κ2) is 7.15. The number of hydrogen-bond donors (Lipinski definition) is 2. The van der Waals surface area contributed by atoms with E-state index in [0.29, 0.717) is 37.4 Å². The number of rotatable bonds is 1. The Kier molecular flexibility index (Phi) is 4.84. The number of aliphatic hydroxyl groups is 1. The number of amides is 2. The summed E-state index contributed by atoms with van der Waals surface area (Å²) in [6, 6.07) is 7.35. The average Bonchev–Trinajstić information content (AvgIpc) is 2.81. The first kappa shape index (κ1) is 18.3. The van der Waals surface area contributed by atoms with Crippen LogP contribution < -0.4 is 10.1 Å². The summed E-state index contributed by atoms with van der Waals surface area (Å²) in [5, 5.41) is 12.9. The van der Waals surface area contributed by atoms with Gasteiger partial charge >= 0.3 is 0 Å². The number of fused-ring (bicyclic) bond motifs is 1. The van der Waals surface area contributed by atoms with Crippen molar-refractivity contribution in [3.05, 3.63) is 29.8 Å². The highest BCUT2D eigenvalue weighted by Crippen LogP contribution is 2.39. The van der Waals surface area contributed by atoms with E-state index in [9.17, 15) is 14.7 Å². The van der Waals surface area contributed by atoms with Crippen LogP contribution in [0.2, 0.25) is 0 Å².